The molecule has 20 heavy (non-hydrogen) atoms. The molecule has 0 atom stereocenters. The third-order valence-corrected chi connectivity index (χ3v) is 3.63. The first kappa shape index (κ1) is 15.0. The van der Waals surface area contributed by atoms with Gasteiger partial charge in [0.1, 0.15) is 5.01 Å². The molecule has 2 aromatic heterocycles. The minimum atomic E-state index is -4.48. The topological polar surface area (TPSA) is 50.9 Å². The summed E-state index contributed by atoms with van der Waals surface area (Å²) in [6, 6.07) is 0. The Kier molecular flexibility index (Phi) is 4.44. The molecule has 1 N–H and O–H groups in total. The second kappa shape index (κ2) is 5.92. The maximum Gasteiger partial charge on any atom is 0.435 e. The minimum Gasteiger partial charge on any atom is -0.396 e. The largest absolute Gasteiger partial charge is 0.435 e. The second-order valence-electron chi connectivity index (χ2n) is 4.41. The van der Waals surface area contributed by atoms with E-state index in [-0.39, 0.29) is 31.6 Å². The van der Waals surface area contributed by atoms with Crippen molar-refractivity contribution in [1.29, 1.82) is 0 Å². The molecule has 0 saturated carbocycles. The zero-order valence-electron chi connectivity index (χ0n) is 10.8. The van der Waals surface area contributed by atoms with Crippen LogP contribution in [0.5, 0.6) is 0 Å². The van der Waals surface area contributed by atoms with Crippen LogP contribution in [0.4, 0.5) is 13.2 Å². The number of thiazole rings is 1. The van der Waals surface area contributed by atoms with Crippen molar-refractivity contribution in [3.63, 3.8) is 0 Å². The molecule has 0 aliphatic heterocycles. The van der Waals surface area contributed by atoms with Gasteiger partial charge in [-0.15, -0.1) is 11.3 Å². The van der Waals surface area contributed by atoms with E-state index in [0.29, 0.717) is 5.01 Å². The highest BCUT2D eigenvalue weighted by Gasteiger charge is 2.36. The molecule has 0 aliphatic carbocycles. The van der Waals surface area contributed by atoms with E-state index >= 15 is 0 Å². The van der Waals surface area contributed by atoms with Crippen molar-refractivity contribution in [1.82, 2.24) is 14.8 Å². The second-order valence-corrected chi connectivity index (χ2v) is 5.35. The Bertz CT molecular complexity index is 577. The van der Waals surface area contributed by atoms with Gasteiger partial charge in [-0.1, -0.05) is 0 Å². The Balaban J connectivity index is 2.23. The van der Waals surface area contributed by atoms with E-state index in [9.17, 15) is 13.2 Å². The number of hydrogen-bond donors (Lipinski definition) is 1. The molecule has 0 bridgehead atoms. The predicted octanol–water partition coefficient (Wildman–Crippen LogP) is 2.64. The van der Waals surface area contributed by atoms with Crippen molar-refractivity contribution in [3.05, 3.63) is 33.5 Å². The molecular weight excluding hydrogens is 291 g/mol. The number of aromatic nitrogens is 3. The Morgan fingerprint density at radius 2 is 2.15 bits per heavy atom. The highest BCUT2D eigenvalue weighted by Crippen LogP contribution is 2.31. The molecular formula is C12H14F3N3OS. The molecule has 0 spiro atoms. The van der Waals surface area contributed by atoms with Crippen molar-refractivity contribution < 1.29 is 18.3 Å². The number of aliphatic hydroxyl groups excluding tert-OH is 1. The summed E-state index contributed by atoms with van der Waals surface area (Å²) in [7, 11) is 0. The van der Waals surface area contributed by atoms with Crippen molar-refractivity contribution in [2.24, 2.45) is 0 Å². The standard InChI is InChI=1S/C12H14F3N3OS/c1-8-7-20-10(16-8)6-18-5-9(3-2-4-19)11(17-18)12(13,14)15/h5,7,19H,2-4,6H2,1H3. The fourth-order valence-electron chi connectivity index (χ4n) is 1.85. The Morgan fingerprint density at radius 3 is 2.70 bits per heavy atom. The summed E-state index contributed by atoms with van der Waals surface area (Å²) in [6.07, 6.45) is -2.66. The van der Waals surface area contributed by atoms with Crippen LogP contribution in [0.15, 0.2) is 11.6 Å². The average Bonchev–Trinajstić information content (AvgIpc) is 2.93. The smallest absolute Gasteiger partial charge is 0.396 e. The maximum absolute atomic E-state index is 12.9. The normalized spacial score (nSPS) is 12.1. The van der Waals surface area contributed by atoms with Crippen LogP contribution in [0.25, 0.3) is 0 Å². The van der Waals surface area contributed by atoms with Crippen LogP contribution in [0.3, 0.4) is 0 Å². The van der Waals surface area contributed by atoms with Gasteiger partial charge in [0.2, 0.25) is 0 Å². The molecule has 8 heteroatoms. The number of nitrogens with zero attached hydrogens (tertiary/aromatic N) is 3. The number of aryl methyl sites for hydroxylation is 2. The molecule has 110 valence electrons. The molecule has 0 saturated heterocycles. The quantitative estimate of drug-likeness (QED) is 0.924. The highest BCUT2D eigenvalue weighted by atomic mass is 32.1. The van der Waals surface area contributed by atoms with Gasteiger partial charge in [0, 0.05) is 29.4 Å². The van der Waals surface area contributed by atoms with E-state index in [1.807, 2.05) is 12.3 Å². The summed E-state index contributed by atoms with van der Waals surface area (Å²) >= 11 is 1.39. The zero-order valence-corrected chi connectivity index (χ0v) is 11.6. The van der Waals surface area contributed by atoms with Gasteiger partial charge in [0.25, 0.3) is 0 Å². The monoisotopic (exact) mass is 305 g/mol. The Hall–Kier alpha value is -1.41. The lowest BCUT2D eigenvalue weighted by molar-refractivity contribution is -0.142. The molecule has 2 aromatic rings. The van der Waals surface area contributed by atoms with Crippen molar-refractivity contribution >= 4 is 11.3 Å². The van der Waals surface area contributed by atoms with Crippen LogP contribution in [0.2, 0.25) is 0 Å². The first-order chi connectivity index (χ1) is 9.40. The van der Waals surface area contributed by atoms with Crippen LogP contribution >= 0.6 is 11.3 Å². The van der Waals surface area contributed by atoms with Gasteiger partial charge in [-0.2, -0.15) is 18.3 Å². The zero-order chi connectivity index (χ0) is 14.8. The van der Waals surface area contributed by atoms with E-state index in [0.717, 1.165) is 5.69 Å². The van der Waals surface area contributed by atoms with E-state index in [4.69, 9.17) is 5.11 Å². The lowest BCUT2D eigenvalue weighted by atomic mass is 10.1. The average molecular weight is 305 g/mol. The first-order valence-corrected chi connectivity index (χ1v) is 6.93. The summed E-state index contributed by atoms with van der Waals surface area (Å²) in [6.45, 7) is 1.91. The Morgan fingerprint density at radius 1 is 1.40 bits per heavy atom. The molecule has 0 radical (unpaired) electrons. The molecule has 2 rings (SSSR count). The fraction of sp³-hybridized carbons (Fsp3) is 0.500. The van der Waals surface area contributed by atoms with Crippen LogP contribution in [0, 0.1) is 6.92 Å². The number of alkyl halides is 3. The summed E-state index contributed by atoms with van der Waals surface area (Å²) in [5.41, 5.74) is 0.0766. The van der Waals surface area contributed by atoms with Gasteiger partial charge in [-0.3, -0.25) is 4.68 Å². The van der Waals surface area contributed by atoms with Gasteiger partial charge >= 0.3 is 6.18 Å². The van der Waals surface area contributed by atoms with Crippen molar-refractivity contribution in [2.75, 3.05) is 6.61 Å². The number of rotatable bonds is 5. The molecule has 0 aliphatic rings. The molecule has 0 unspecified atom stereocenters. The molecule has 2 heterocycles. The van der Waals surface area contributed by atoms with Crippen LogP contribution < -0.4 is 0 Å². The van der Waals surface area contributed by atoms with E-state index in [1.54, 1.807) is 0 Å². The predicted molar refractivity (Wildman–Crippen MR) is 68.6 cm³/mol. The highest BCUT2D eigenvalue weighted by molar-refractivity contribution is 7.09. The summed E-state index contributed by atoms with van der Waals surface area (Å²) in [5, 5.41) is 14.9. The fourth-order valence-corrected chi connectivity index (χ4v) is 2.61. The van der Waals surface area contributed by atoms with Gasteiger partial charge in [-0.05, 0) is 19.8 Å². The van der Waals surface area contributed by atoms with Crippen molar-refractivity contribution in [3.8, 4) is 0 Å². The Labute approximate surface area is 117 Å². The molecule has 0 aromatic carbocycles. The number of halogens is 3. The van der Waals surface area contributed by atoms with Crippen LogP contribution in [0.1, 0.15) is 28.4 Å². The summed E-state index contributed by atoms with van der Waals surface area (Å²) in [4.78, 5) is 4.21. The van der Waals surface area contributed by atoms with Gasteiger partial charge < -0.3 is 5.11 Å². The number of hydrogen-bond acceptors (Lipinski definition) is 4. The van der Waals surface area contributed by atoms with Crippen LogP contribution in [-0.2, 0) is 19.1 Å². The van der Waals surface area contributed by atoms with Gasteiger partial charge in [0.05, 0.1) is 6.54 Å². The van der Waals surface area contributed by atoms with E-state index < -0.39 is 11.9 Å². The van der Waals surface area contributed by atoms with E-state index in [2.05, 4.69) is 10.1 Å². The van der Waals surface area contributed by atoms with Crippen molar-refractivity contribution in [2.45, 2.75) is 32.5 Å². The molecule has 0 amide bonds. The maximum atomic E-state index is 12.9. The SMILES string of the molecule is Cc1csc(Cn2cc(CCCO)c(C(F)(F)F)n2)n1. The summed E-state index contributed by atoms with van der Waals surface area (Å²) < 4.78 is 39.9. The van der Waals surface area contributed by atoms with Crippen LogP contribution in [-0.4, -0.2) is 26.5 Å². The third-order valence-electron chi connectivity index (χ3n) is 2.67. The molecule has 4 nitrogen and oxygen atoms in total. The van der Waals surface area contributed by atoms with E-state index in [1.165, 1.54) is 22.2 Å². The lowest BCUT2D eigenvalue weighted by Crippen LogP contribution is -2.10. The van der Waals surface area contributed by atoms with Gasteiger partial charge in [0.15, 0.2) is 5.69 Å². The summed E-state index contributed by atoms with van der Waals surface area (Å²) in [5.74, 6) is 0. The minimum absolute atomic E-state index is 0.111. The number of aliphatic hydroxyl groups is 1. The molecule has 0 fully saturated rings. The lowest BCUT2D eigenvalue weighted by Gasteiger charge is -2.04. The van der Waals surface area contributed by atoms with Gasteiger partial charge in [-0.25, -0.2) is 4.98 Å². The third kappa shape index (κ3) is 3.57. The first-order valence-electron chi connectivity index (χ1n) is 6.05.